The standard InChI is InChI=1S/C92H163NO18/c1-3-5-7-9-11-13-15-17-19-21-23-25-27-29-31-33-34-35-36-37-38-39-40-42-44-46-48-50-52-54-56-58-60-62-64-66-68-70-80(98)93-75(76(97)69-67-65-63-61-59-57-55-53-51-49-47-45-43-41-32-30-28-26-24-22-20-18-16-14-12-10-8-6-4-2)74-106-90-86(104)83(101)88(78(72-95)108-90)111-92-87(105)84(102)89(79(73-96)109-92)110-91-85(103)82(100)81(99)77(71-94)107-91/h5,7,11,13,17,19,23,25,29,31,34-35,37-38,40,42,75-79,81-92,94-97,99-105H,3-4,6,8-10,12,14-16,18,20-22,24,26-28,30,32-33,36,39,41,43-74H2,1-2H3,(H,93,98)/b7-5-,13-11-,19-17-,25-23-,31-29-,35-34-,38-37-,42-40-. The molecule has 3 fully saturated rings. The first kappa shape index (κ1) is 102. The van der Waals surface area contributed by atoms with Crippen LogP contribution in [0.2, 0.25) is 0 Å². The molecule has 0 aromatic heterocycles. The number of aliphatic hydroxyl groups excluding tert-OH is 11. The van der Waals surface area contributed by atoms with Crippen LogP contribution in [0.5, 0.6) is 0 Å². The first-order valence-electron chi connectivity index (χ1n) is 45.0. The number of carbonyl (C=O) groups is 1. The maximum atomic E-state index is 13.5. The SMILES string of the molecule is CC/C=C\C/C=C\C/C=C\C/C=C\C/C=C\C/C=C\C/C=C\C/C=C\CCCCCCCCCCCCCCC(=O)NC(COC1OC(CO)C(OC2OC(CO)C(OC3OC(CO)C(O)C(O)C3O)C(O)C2O)C(O)C1O)C(O)CCCCCCCCCCCCCCCCCCCCCCCCCCCCCCC. The van der Waals surface area contributed by atoms with Crippen molar-refractivity contribution in [2.45, 2.75) is 452 Å². The van der Waals surface area contributed by atoms with Crippen LogP contribution >= 0.6 is 0 Å². The minimum atomic E-state index is -1.98. The molecule has 12 N–H and O–H groups in total. The van der Waals surface area contributed by atoms with Gasteiger partial charge in [0.2, 0.25) is 5.91 Å². The zero-order valence-electron chi connectivity index (χ0n) is 69.4. The Balaban J connectivity index is 1.33. The Morgan fingerprint density at radius 2 is 0.622 bits per heavy atom. The molecular weight excluding hydrogens is 1410 g/mol. The first-order chi connectivity index (χ1) is 54.3. The van der Waals surface area contributed by atoms with E-state index < -0.39 is 124 Å². The summed E-state index contributed by atoms with van der Waals surface area (Å²) in [6, 6.07) is -0.896. The molecule has 17 unspecified atom stereocenters. The van der Waals surface area contributed by atoms with Gasteiger partial charge in [-0.3, -0.25) is 4.79 Å². The van der Waals surface area contributed by atoms with Gasteiger partial charge in [0.15, 0.2) is 18.9 Å². The van der Waals surface area contributed by atoms with Crippen molar-refractivity contribution < 1.29 is 89.4 Å². The lowest BCUT2D eigenvalue weighted by Crippen LogP contribution is -2.66. The molecule has 111 heavy (non-hydrogen) atoms. The number of hydrogen-bond acceptors (Lipinski definition) is 18. The molecule has 19 heteroatoms. The molecule has 3 aliphatic heterocycles. The normalized spacial score (nSPS) is 25.5. The maximum absolute atomic E-state index is 13.5. The van der Waals surface area contributed by atoms with E-state index in [0.29, 0.717) is 12.8 Å². The largest absolute Gasteiger partial charge is 0.394 e. The summed E-state index contributed by atoms with van der Waals surface area (Å²) in [4.78, 5) is 13.5. The lowest BCUT2D eigenvalue weighted by molar-refractivity contribution is -0.379. The van der Waals surface area contributed by atoms with Crippen LogP contribution in [0.4, 0.5) is 0 Å². The number of hydrogen-bond donors (Lipinski definition) is 12. The van der Waals surface area contributed by atoms with Gasteiger partial charge in [0, 0.05) is 6.42 Å². The van der Waals surface area contributed by atoms with Crippen LogP contribution in [0.1, 0.15) is 348 Å². The third kappa shape index (κ3) is 49.5. The molecule has 0 aromatic carbocycles. The predicted molar refractivity (Wildman–Crippen MR) is 447 cm³/mol. The van der Waals surface area contributed by atoms with E-state index in [-0.39, 0.29) is 18.9 Å². The average Bonchev–Trinajstić information content (AvgIpc) is 0.779. The zero-order chi connectivity index (χ0) is 80.3. The molecule has 0 aliphatic carbocycles. The van der Waals surface area contributed by atoms with Gasteiger partial charge in [0.25, 0.3) is 0 Å². The second-order valence-electron chi connectivity index (χ2n) is 31.7. The van der Waals surface area contributed by atoms with Gasteiger partial charge in [-0.1, -0.05) is 361 Å². The highest BCUT2D eigenvalue weighted by atomic mass is 16.8. The van der Waals surface area contributed by atoms with E-state index in [1.54, 1.807) is 0 Å². The summed E-state index contributed by atoms with van der Waals surface area (Å²) in [5.74, 6) is -0.244. The van der Waals surface area contributed by atoms with Crippen molar-refractivity contribution in [3.63, 3.8) is 0 Å². The summed E-state index contributed by atoms with van der Waals surface area (Å²) in [6.07, 6.45) is 70.7. The zero-order valence-corrected chi connectivity index (χ0v) is 69.4. The van der Waals surface area contributed by atoms with E-state index in [0.717, 1.165) is 103 Å². The van der Waals surface area contributed by atoms with Crippen LogP contribution in [-0.4, -0.2) is 193 Å². The molecule has 644 valence electrons. The van der Waals surface area contributed by atoms with E-state index in [4.69, 9.17) is 28.4 Å². The van der Waals surface area contributed by atoms with Gasteiger partial charge in [-0.2, -0.15) is 0 Å². The molecule has 17 atom stereocenters. The Labute approximate surface area is 673 Å². The van der Waals surface area contributed by atoms with Crippen LogP contribution in [0.15, 0.2) is 97.2 Å². The molecule has 1 amide bonds. The summed E-state index contributed by atoms with van der Waals surface area (Å²) in [6.45, 7) is 1.73. The summed E-state index contributed by atoms with van der Waals surface area (Å²) in [7, 11) is 0. The van der Waals surface area contributed by atoms with Gasteiger partial charge in [-0.25, -0.2) is 0 Å². The minimum absolute atomic E-state index is 0.244. The highest BCUT2D eigenvalue weighted by Crippen LogP contribution is 2.34. The fraction of sp³-hybridized carbons (Fsp3) is 0.815. The third-order valence-corrected chi connectivity index (χ3v) is 21.9. The summed E-state index contributed by atoms with van der Waals surface area (Å²) in [5, 5.41) is 121. The van der Waals surface area contributed by atoms with Gasteiger partial charge in [0.05, 0.1) is 38.6 Å². The van der Waals surface area contributed by atoms with E-state index >= 15 is 0 Å². The molecule has 3 aliphatic rings. The smallest absolute Gasteiger partial charge is 0.220 e. The van der Waals surface area contributed by atoms with E-state index in [1.165, 1.54) is 212 Å². The van der Waals surface area contributed by atoms with E-state index in [9.17, 15) is 61.0 Å². The van der Waals surface area contributed by atoms with Gasteiger partial charge in [-0.05, 0) is 77.0 Å². The van der Waals surface area contributed by atoms with Crippen molar-refractivity contribution >= 4 is 5.91 Å². The number of nitrogens with one attached hydrogen (secondary N) is 1. The number of rotatable bonds is 72. The lowest BCUT2D eigenvalue weighted by atomic mass is 9.96. The van der Waals surface area contributed by atoms with E-state index in [1.807, 2.05) is 0 Å². The molecule has 0 bridgehead atoms. The average molecular weight is 1570 g/mol. The Morgan fingerprint density at radius 1 is 0.333 bits per heavy atom. The van der Waals surface area contributed by atoms with Crippen LogP contribution < -0.4 is 5.32 Å². The fourth-order valence-electron chi connectivity index (χ4n) is 14.8. The second kappa shape index (κ2) is 70.9. The van der Waals surface area contributed by atoms with Gasteiger partial charge in [0.1, 0.15) is 73.2 Å². The van der Waals surface area contributed by atoms with Crippen molar-refractivity contribution in [2.75, 3.05) is 26.4 Å². The molecule has 0 radical (unpaired) electrons. The molecule has 3 saturated heterocycles. The first-order valence-corrected chi connectivity index (χ1v) is 45.0. The van der Waals surface area contributed by atoms with Crippen LogP contribution in [0.3, 0.4) is 0 Å². The van der Waals surface area contributed by atoms with Crippen LogP contribution in [-0.2, 0) is 33.2 Å². The van der Waals surface area contributed by atoms with Crippen molar-refractivity contribution in [3.05, 3.63) is 97.2 Å². The summed E-state index contributed by atoms with van der Waals surface area (Å²) in [5.41, 5.74) is 0. The maximum Gasteiger partial charge on any atom is 0.220 e. The lowest BCUT2D eigenvalue weighted by Gasteiger charge is -2.48. The molecular formula is C92H163NO18. The Hall–Kier alpha value is -3.29. The predicted octanol–water partition coefficient (Wildman–Crippen LogP) is 17.1. The van der Waals surface area contributed by atoms with Gasteiger partial charge < -0.3 is 89.9 Å². The number of allylic oxidation sites excluding steroid dienone is 16. The van der Waals surface area contributed by atoms with Gasteiger partial charge in [-0.15, -0.1) is 0 Å². The Kier molecular flexibility index (Phi) is 65.1. The summed E-state index contributed by atoms with van der Waals surface area (Å²) >= 11 is 0. The molecule has 0 aromatic rings. The highest BCUT2D eigenvalue weighted by molar-refractivity contribution is 5.76. The number of aliphatic hydroxyl groups is 11. The van der Waals surface area contributed by atoms with E-state index in [2.05, 4.69) is 116 Å². The highest BCUT2D eigenvalue weighted by Gasteiger charge is 2.54. The fourth-order valence-corrected chi connectivity index (χ4v) is 14.8. The summed E-state index contributed by atoms with van der Waals surface area (Å²) < 4.78 is 34.6. The topological polar surface area (TPSA) is 307 Å². The molecule has 0 saturated carbocycles. The monoisotopic (exact) mass is 1570 g/mol. The van der Waals surface area contributed by atoms with Crippen LogP contribution in [0.25, 0.3) is 0 Å². The van der Waals surface area contributed by atoms with Crippen molar-refractivity contribution in [3.8, 4) is 0 Å². The van der Waals surface area contributed by atoms with Crippen molar-refractivity contribution in [2.24, 2.45) is 0 Å². The van der Waals surface area contributed by atoms with Gasteiger partial charge >= 0.3 is 0 Å². The number of amides is 1. The quantitative estimate of drug-likeness (QED) is 0.0199. The second-order valence-corrected chi connectivity index (χ2v) is 31.7. The molecule has 19 nitrogen and oxygen atoms in total. The number of ether oxygens (including phenoxy) is 6. The molecule has 3 rings (SSSR count). The number of unbranched alkanes of at least 4 members (excludes halogenated alkanes) is 40. The number of carbonyl (C=O) groups excluding carboxylic acids is 1. The van der Waals surface area contributed by atoms with Crippen molar-refractivity contribution in [1.29, 1.82) is 0 Å². The molecule has 3 heterocycles. The van der Waals surface area contributed by atoms with Crippen LogP contribution in [0, 0.1) is 0 Å². The van der Waals surface area contributed by atoms with Crippen molar-refractivity contribution in [1.82, 2.24) is 5.32 Å². The minimum Gasteiger partial charge on any atom is -0.394 e. The Morgan fingerprint density at radius 3 is 0.973 bits per heavy atom. The third-order valence-electron chi connectivity index (χ3n) is 21.9. The Bertz CT molecular complexity index is 2380. The molecule has 0 spiro atoms.